The summed E-state index contributed by atoms with van der Waals surface area (Å²) in [5, 5.41) is 4.06. The summed E-state index contributed by atoms with van der Waals surface area (Å²) in [5.74, 6) is 0.726. The van der Waals surface area contributed by atoms with Crippen LogP contribution in [0.3, 0.4) is 0 Å². The van der Waals surface area contributed by atoms with Crippen LogP contribution in [0.1, 0.15) is 26.7 Å². The van der Waals surface area contributed by atoms with Crippen molar-refractivity contribution in [3.05, 3.63) is 23.5 Å². The van der Waals surface area contributed by atoms with Crippen LogP contribution in [0, 0.1) is 5.92 Å². The average molecular weight is 268 g/mol. The van der Waals surface area contributed by atoms with Crippen molar-refractivity contribution in [1.82, 2.24) is 9.88 Å². The molecule has 1 aromatic rings. The summed E-state index contributed by atoms with van der Waals surface area (Å²) >= 11 is 6.07. The van der Waals surface area contributed by atoms with Gasteiger partial charge in [-0.1, -0.05) is 18.5 Å². The van der Waals surface area contributed by atoms with Gasteiger partial charge in [0.25, 0.3) is 0 Å². The minimum Gasteiger partial charge on any atom is -0.380 e. The Morgan fingerprint density at radius 3 is 2.83 bits per heavy atom. The molecule has 0 amide bonds. The van der Waals surface area contributed by atoms with Gasteiger partial charge in [0.2, 0.25) is 0 Å². The summed E-state index contributed by atoms with van der Waals surface area (Å²) in [6.07, 6.45) is 4.25. The predicted octanol–water partition coefficient (Wildman–Crippen LogP) is 3.27. The zero-order valence-electron chi connectivity index (χ0n) is 11.2. The minimum atomic E-state index is 0.450. The third kappa shape index (κ3) is 3.36. The molecule has 0 aliphatic carbocycles. The van der Waals surface area contributed by atoms with Crippen LogP contribution in [-0.4, -0.2) is 35.6 Å². The number of nitrogens with zero attached hydrogens (tertiary/aromatic N) is 2. The number of nitrogens with one attached hydrogen (secondary N) is 1. The first kappa shape index (κ1) is 13.6. The number of rotatable bonds is 4. The van der Waals surface area contributed by atoms with Crippen LogP contribution >= 0.6 is 11.6 Å². The summed E-state index contributed by atoms with van der Waals surface area (Å²) in [7, 11) is 0. The van der Waals surface area contributed by atoms with Gasteiger partial charge in [-0.25, -0.2) is 4.98 Å². The minimum absolute atomic E-state index is 0.450. The van der Waals surface area contributed by atoms with Crippen molar-refractivity contribution in [2.24, 2.45) is 5.92 Å². The van der Waals surface area contributed by atoms with E-state index in [0.717, 1.165) is 11.6 Å². The molecule has 1 atom stereocenters. The van der Waals surface area contributed by atoms with Crippen LogP contribution < -0.4 is 5.32 Å². The number of likely N-dealkylation sites (tertiary alicyclic amines) is 1. The molecule has 1 N–H and O–H groups in total. The zero-order chi connectivity index (χ0) is 13.0. The van der Waals surface area contributed by atoms with Gasteiger partial charge in [0.15, 0.2) is 5.15 Å². The van der Waals surface area contributed by atoms with Crippen molar-refractivity contribution in [1.29, 1.82) is 0 Å². The van der Waals surface area contributed by atoms with Gasteiger partial charge >= 0.3 is 0 Å². The highest BCUT2D eigenvalue weighted by Gasteiger charge is 2.23. The maximum absolute atomic E-state index is 6.07. The molecule has 1 aliphatic rings. The highest BCUT2D eigenvalue weighted by molar-refractivity contribution is 6.31. The number of anilines is 1. The second-order valence-electron chi connectivity index (χ2n) is 5.05. The van der Waals surface area contributed by atoms with Gasteiger partial charge in [-0.2, -0.15) is 0 Å². The third-order valence-corrected chi connectivity index (χ3v) is 4.23. The lowest BCUT2D eigenvalue weighted by molar-refractivity contribution is 0.183. The molecule has 0 radical (unpaired) electrons. The second-order valence-corrected chi connectivity index (χ2v) is 5.40. The molecule has 100 valence electrons. The van der Waals surface area contributed by atoms with E-state index in [4.69, 9.17) is 11.6 Å². The molecule has 3 nitrogen and oxygen atoms in total. The first-order valence-electron chi connectivity index (χ1n) is 6.80. The molecule has 1 fully saturated rings. The number of piperidine rings is 1. The van der Waals surface area contributed by atoms with Gasteiger partial charge in [-0.15, -0.1) is 0 Å². The van der Waals surface area contributed by atoms with Crippen molar-refractivity contribution in [3.8, 4) is 0 Å². The van der Waals surface area contributed by atoms with Crippen LogP contribution in [0.5, 0.6) is 0 Å². The van der Waals surface area contributed by atoms with Gasteiger partial charge in [0, 0.05) is 12.2 Å². The quantitative estimate of drug-likeness (QED) is 0.849. The molecule has 18 heavy (non-hydrogen) atoms. The van der Waals surface area contributed by atoms with E-state index >= 15 is 0 Å². The van der Waals surface area contributed by atoms with E-state index in [1.807, 2.05) is 12.1 Å². The Kier molecular flexibility index (Phi) is 4.84. The normalized spacial score (nSPS) is 19.7. The Morgan fingerprint density at radius 2 is 2.22 bits per heavy atom. The molecule has 0 bridgehead atoms. The van der Waals surface area contributed by atoms with Gasteiger partial charge < -0.3 is 10.2 Å². The maximum atomic E-state index is 6.07. The van der Waals surface area contributed by atoms with Gasteiger partial charge in [0.1, 0.15) is 0 Å². The van der Waals surface area contributed by atoms with Crippen LogP contribution in [0.4, 0.5) is 5.69 Å². The molecule has 4 heteroatoms. The molecule has 1 unspecified atom stereocenters. The van der Waals surface area contributed by atoms with Crippen molar-refractivity contribution in [3.63, 3.8) is 0 Å². The van der Waals surface area contributed by atoms with E-state index in [1.165, 1.54) is 32.5 Å². The molecule has 0 aromatic carbocycles. The number of pyridine rings is 1. The van der Waals surface area contributed by atoms with Crippen molar-refractivity contribution >= 4 is 17.3 Å². The van der Waals surface area contributed by atoms with Crippen LogP contribution in [0.15, 0.2) is 18.3 Å². The highest BCUT2D eigenvalue weighted by Crippen LogP contribution is 2.25. The third-order valence-electron chi connectivity index (χ3n) is 3.93. The Bertz CT molecular complexity index is 375. The fourth-order valence-electron chi connectivity index (χ4n) is 2.63. The van der Waals surface area contributed by atoms with Gasteiger partial charge in [-0.05, 0) is 57.5 Å². The molecule has 0 saturated carbocycles. The maximum Gasteiger partial charge on any atom is 0.152 e. The number of hydrogen-bond acceptors (Lipinski definition) is 3. The monoisotopic (exact) mass is 267 g/mol. The fraction of sp³-hybridized carbons (Fsp3) is 0.643. The standard InChI is InChI=1S/C14H22ClN3/c1-3-18-9-6-12(7-10-18)11(2)17-13-5-4-8-16-14(13)15/h4-5,8,11-12,17H,3,6-7,9-10H2,1-2H3. The van der Waals surface area contributed by atoms with E-state index in [9.17, 15) is 0 Å². The second kappa shape index (κ2) is 6.39. The number of halogens is 1. The number of hydrogen-bond donors (Lipinski definition) is 1. The fourth-order valence-corrected chi connectivity index (χ4v) is 2.80. The summed E-state index contributed by atoms with van der Waals surface area (Å²) < 4.78 is 0. The molecule has 1 saturated heterocycles. The summed E-state index contributed by atoms with van der Waals surface area (Å²) in [5.41, 5.74) is 0.949. The molecule has 2 heterocycles. The molecular weight excluding hydrogens is 246 g/mol. The Hall–Kier alpha value is -0.800. The lowest BCUT2D eigenvalue weighted by Crippen LogP contribution is -2.39. The summed E-state index contributed by atoms with van der Waals surface area (Å²) in [6.45, 7) is 8.08. The Balaban J connectivity index is 1.89. The lowest BCUT2D eigenvalue weighted by atomic mass is 9.90. The predicted molar refractivity (Wildman–Crippen MR) is 77.2 cm³/mol. The smallest absolute Gasteiger partial charge is 0.152 e. The van der Waals surface area contributed by atoms with Crippen molar-refractivity contribution < 1.29 is 0 Å². The lowest BCUT2D eigenvalue weighted by Gasteiger charge is -2.34. The van der Waals surface area contributed by atoms with Crippen LogP contribution in [0.25, 0.3) is 0 Å². The van der Waals surface area contributed by atoms with Crippen molar-refractivity contribution in [2.75, 3.05) is 25.0 Å². The van der Waals surface area contributed by atoms with Crippen LogP contribution in [0.2, 0.25) is 5.15 Å². The topological polar surface area (TPSA) is 28.2 Å². The van der Waals surface area contributed by atoms with Gasteiger partial charge in [0.05, 0.1) is 5.69 Å². The zero-order valence-corrected chi connectivity index (χ0v) is 12.0. The first-order valence-corrected chi connectivity index (χ1v) is 7.18. The Morgan fingerprint density at radius 1 is 1.50 bits per heavy atom. The van der Waals surface area contributed by atoms with Gasteiger partial charge in [-0.3, -0.25) is 0 Å². The van der Waals surface area contributed by atoms with E-state index in [1.54, 1.807) is 6.20 Å². The van der Waals surface area contributed by atoms with Crippen LogP contribution in [-0.2, 0) is 0 Å². The molecule has 0 spiro atoms. The van der Waals surface area contributed by atoms with E-state index in [2.05, 4.69) is 29.0 Å². The summed E-state index contributed by atoms with van der Waals surface area (Å²) in [6, 6.07) is 4.36. The number of aromatic nitrogens is 1. The SMILES string of the molecule is CCN1CCC(C(C)Nc2cccnc2Cl)CC1. The highest BCUT2D eigenvalue weighted by atomic mass is 35.5. The average Bonchev–Trinajstić information content (AvgIpc) is 2.41. The van der Waals surface area contributed by atoms with E-state index in [0.29, 0.717) is 11.2 Å². The van der Waals surface area contributed by atoms with E-state index < -0.39 is 0 Å². The molecule has 1 aliphatic heterocycles. The van der Waals surface area contributed by atoms with E-state index in [-0.39, 0.29) is 0 Å². The Labute approximate surface area is 115 Å². The molecule has 1 aromatic heterocycles. The first-order chi connectivity index (χ1) is 8.70. The molecular formula is C14H22ClN3. The molecule has 2 rings (SSSR count). The van der Waals surface area contributed by atoms with Crippen molar-refractivity contribution in [2.45, 2.75) is 32.7 Å². The largest absolute Gasteiger partial charge is 0.380 e. The summed E-state index contributed by atoms with van der Waals surface area (Å²) in [4.78, 5) is 6.61.